The summed E-state index contributed by atoms with van der Waals surface area (Å²) in [6.07, 6.45) is 2.68. The number of hydrogen-bond acceptors (Lipinski definition) is 4. The summed E-state index contributed by atoms with van der Waals surface area (Å²) in [6, 6.07) is 0.215. The molecule has 2 atom stereocenters. The zero-order chi connectivity index (χ0) is 12.7. The van der Waals surface area contributed by atoms with Crippen molar-refractivity contribution >= 4 is 5.91 Å². The molecule has 0 aliphatic carbocycles. The number of carbonyl (C=O) groups is 1. The molecule has 0 aromatic rings. The van der Waals surface area contributed by atoms with Crippen LogP contribution < -0.4 is 10.6 Å². The Morgan fingerprint density at radius 1 is 1.59 bits per heavy atom. The fourth-order valence-corrected chi connectivity index (χ4v) is 1.98. The van der Waals surface area contributed by atoms with Gasteiger partial charge in [-0.1, -0.05) is 13.3 Å². The van der Waals surface area contributed by atoms with Crippen molar-refractivity contribution in [3.8, 4) is 0 Å². The summed E-state index contributed by atoms with van der Waals surface area (Å²) < 4.78 is 5.12. The van der Waals surface area contributed by atoms with Gasteiger partial charge in [0.1, 0.15) is 5.60 Å². The Kier molecular flexibility index (Phi) is 5.88. The van der Waals surface area contributed by atoms with E-state index >= 15 is 0 Å². The molecule has 1 aliphatic heterocycles. The smallest absolute Gasteiger partial charge is 0.234 e. The molecule has 1 fully saturated rings. The van der Waals surface area contributed by atoms with Crippen LogP contribution in [0.2, 0.25) is 0 Å². The van der Waals surface area contributed by atoms with Crippen molar-refractivity contribution in [1.29, 1.82) is 0 Å². The molecule has 1 heterocycles. The van der Waals surface area contributed by atoms with Crippen LogP contribution in [-0.4, -0.2) is 49.0 Å². The highest BCUT2D eigenvalue weighted by molar-refractivity contribution is 5.78. The molecule has 3 N–H and O–H groups in total. The lowest BCUT2D eigenvalue weighted by molar-refractivity contribution is -0.121. The maximum atomic E-state index is 11.5. The first-order valence-electron chi connectivity index (χ1n) is 6.36. The highest BCUT2D eigenvalue weighted by atomic mass is 16.5. The van der Waals surface area contributed by atoms with E-state index in [1.54, 1.807) is 0 Å². The van der Waals surface area contributed by atoms with E-state index in [9.17, 15) is 9.90 Å². The van der Waals surface area contributed by atoms with Gasteiger partial charge in [0, 0.05) is 25.6 Å². The Bertz CT molecular complexity index is 240. The fourth-order valence-electron chi connectivity index (χ4n) is 1.98. The molecule has 0 aromatic carbocycles. The first-order valence-corrected chi connectivity index (χ1v) is 6.36. The number of ether oxygens (including phenoxy) is 1. The Morgan fingerprint density at radius 2 is 2.35 bits per heavy atom. The van der Waals surface area contributed by atoms with Gasteiger partial charge in [-0.2, -0.15) is 0 Å². The molecule has 5 nitrogen and oxygen atoms in total. The predicted octanol–water partition coefficient (Wildman–Crippen LogP) is 0.0322. The molecule has 100 valence electrons. The van der Waals surface area contributed by atoms with Gasteiger partial charge >= 0.3 is 0 Å². The summed E-state index contributed by atoms with van der Waals surface area (Å²) in [5.41, 5.74) is -0.796. The molecule has 1 amide bonds. The van der Waals surface area contributed by atoms with Crippen LogP contribution in [0.1, 0.15) is 33.1 Å². The molecule has 0 spiro atoms. The second kappa shape index (κ2) is 6.93. The fraction of sp³-hybridized carbons (Fsp3) is 0.917. The lowest BCUT2D eigenvalue weighted by atomic mass is 10.0. The molecule has 5 heteroatoms. The molecule has 0 bridgehead atoms. The lowest BCUT2D eigenvalue weighted by Gasteiger charge is -2.21. The Morgan fingerprint density at radius 3 is 2.94 bits per heavy atom. The normalized spacial score (nSPS) is 25.8. The van der Waals surface area contributed by atoms with Gasteiger partial charge in [-0.25, -0.2) is 0 Å². The molecule has 2 unspecified atom stereocenters. The Hall–Kier alpha value is -0.650. The first kappa shape index (κ1) is 14.4. The summed E-state index contributed by atoms with van der Waals surface area (Å²) in [5, 5.41) is 15.8. The van der Waals surface area contributed by atoms with E-state index in [-0.39, 0.29) is 18.5 Å². The minimum atomic E-state index is -0.796. The third-order valence-corrected chi connectivity index (χ3v) is 2.95. The van der Waals surface area contributed by atoms with Crippen LogP contribution in [0.4, 0.5) is 0 Å². The summed E-state index contributed by atoms with van der Waals surface area (Å²) in [4.78, 5) is 11.5. The molecular weight excluding hydrogens is 220 g/mol. The van der Waals surface area contributed by atoms with E-state index in [0.29, 0.717) is 26.2 Å². The van der Waals surface area contributed by atoms with E-state index in [2.05, 4.69) is 17.6 Å². The molecular formula is C12H24N2O3. The quantitative estimate of drug-likeness (QED) is 0.591. The van der Waals surface area contributed by atoms with Gasteiger partial charge in [0.25, 0.3) is 0 Å². The monoisotopic (exact) mass is 244 g/mol. The number of amides is 1. The average molecular weight is 244 g/mol. The van der Waals surface area contributed by atoms with Gasteiger partial charge < -0.3 is 20.5 Å². The van der Waals surface area contributed by atoms with Crippen LogP contribution in [0.25, 0.3) is 0 Å². The van der Waals surface area contributed by atoms with Crippen LogP contribution in [0, 0.1) is 0 Å². The SMILES string of the molecule is CCCC(C)NC(=O)CNCC1(O)CCOC1. The van der Waals surface area contributed by atoms with E-state index in [4.69, 9.17) is 4.74 Å². The van der Waals surface area contributed by atoms with Crippen LogP contribution in [0.3, 0.4) is 0 Å². The largest absolute Gasteiger partial charge is 0.386 e. The maximum Gasteiger partial charge on any atom is 0.234 e. The lowest BCUT2D eigenvalue weighted by Crippen LogP contribution is -2.45. The zero-order valence-corrected chi connectivity index (χ0v) is 10.8. The number of rotatable bonds is 7. The molecule has 1 saturated heterocycles. The van der Waals surface area contributed by atoms with Crippen molar-refractivity contribution in [2.75, 3.05) is 26.3 Å². The van der Waals surface area contributed by atoms with Crippen molar-refractivity contribution in [2.24, 2.45) is 0 Å². The Labute approximate surface area is 103 Å². The van der Waals surface area contributed by atoms with E-state index < -0.39 is 5.60 Å². The van der Waals surface area contributed by atoms with Crippen molar-refractivity contribution < 1.29 is 14.6 Å². The van der Waals surface area contributed by atoms with Crippen LogP contribution in [0.5, 0.6) is 0 Å². The summed E-state index contributed by atoms with van der Waals surface area (Å²) >= 11 is 0. The highest BCUT2D eigenvalue weighted by Crippen LogP contribution is 2.16. The number of hydrogen-bond donors (Lipinski definition) is 3. The number of aliphatic hydroxyl groups is 1. The van der Waals surface area contributed by atoms with Gasteiger partial charge in [-0.3, -0.25) is 4.79 Å². The van der Waals surface area contributed by atoms with Gasteiger partial charge in [0.15, 0.2) is 0 Å². The van der Waals surface area contributed by atoms with E-state index in [1.165, 1.54) is 0 Å². The van der Waals surface area contributed by atoms with E-state index in [1.807, 2.05) is 6.92 Å². The Balaban J connectivity index is 2.11. The second-order valence-corrected chi connectivity index (χ2v) is 4.89. The second-order valence-electron chi connectivity index (χ2n) is 4.89. The topological polar surface area (TPSA) is 70.6 Å². The minimum Gasteiger partial charge on any atom is -0.386 e. The van der Waals surface area contributed by atoms with Crippen molar-refractivity contribution in [3.05, 3.63) is 0 Å². The van der Waals surface area contributed by atoms with E-state index in [0.717, 1.165) is 12.8 Å². The van der Waals surface area contributed by atoms with Gasteiger partial charge in [-0.05, 0) is 13.3 Å². The van der Waals surface area contributed by atoms with Gasteiger partial charge in [0.2, 0.25) is 5.91 Å². The average Bonchev–Trinajstić information content (AvgIpc) is 2.65. The minimum absolute atomic E-state index is 0.0199. The van der Waals surface area contributed by atoms with Crippen molar-refractivity contribution in [3.63, 3.8) is 0 Å². The molecule has 1 rings (SSSR count). The summed E-state index contributed by atoms with van der Waals surface area (Å²) in [7, 11) is 0. The van der Waals surface area contributed by atoms with Crippen molar-refractivity contribution in [2.45, 2.75) is 44.8 Å². The highest BCUT2D eigenvalue weighted by Gasteiger charge is 2.31. The van der Waals surface area contributed by atoms with Crippen LogP contribution >= 0.6 is 0 Å². The van der Waals surface area contributed by atoms with Gasteiger partial charge in [-0.15, -0.1) is 0 Å². The molecule has 1 aliphatic rings. The standard InChI is InChI=1S/C12H24N2O3/c1-3-4-10(2)14-11(15)7-13-8-12(16)5-6-17-9-12/h10,13,16H,3-9H2,1-2H3,(H,14,15). The van der Waals surface area contributed by atoms with Crippen LogP contribution in [0.15, 0.2) is 0 Å². The predicted molar refractivity (Wildman–Crippen MR) is 65.8 cm³/mol. The number of carbonyl (C=O) groups excluding carboxylic acids is 1. The molecule has 0 saturated carbocycles. The third kappa shape index (κ3) is 5.48. The first-order chi connectivity index (χ1) is 8.06. The summed E-state index contributed by atoms with van der Waals surface area (Å²) in [6.45, 7) is 5.70. The third-order valence-electron chi connectivity index (χ3n) is 2.95. The zero-order valence-electron chi connectivity index (χ0n) is 10.8. The molecule has 17 heavy (non-hydrogen) atoms. The molecule has 0 aromatic heterocycles. The molecule has 0 radical (unpaired) electrons. The number of nitrogens with one attached hydrogen (secondary N) is 2. The van der Waals surface area contributed by atoms with Crippen LogP contribution in [-0.2, 0) is 9.53 Å². The van der Waals surface area contributed by atoms with Gasteiger partial charge in [0.05, 0.1) is 13.2 Å². The summed E-state index contributed by atoms with van der Waals surface area (Å²) in [5.74, 6) is -0.0199. The maximum absolute atomic E-state index is 11.5. The van der Waals surface area contributed by atoms with Crippen molar-refractivity contribution in [1.82, 2.24) is 10.6 Å².